The molecule has 0 radical (unpaired) electrons. The zero-order chi connectivity index (χ0) is 11.0. The van der Waals surface area contributed by atoms with Crippen LogP contribution in [0.2, 0.25) is 0 Å². The van der Waals surface area contributed by atoms with Gasteiger partial charge in [0, 0.05) is 24.8 Å². The van der Waals surface area contributed by atoms with Gasteiger partial charge in [0.2, 0.25) is 0 Å². The summed E-state index contributed by atoms with van der Waals surface area (Å²) < 4.78 is 2.11. The molecule has 16 heavy (non-hydrogen) atoms. The van der Waals surface area contributed by atoms with Gasteiger partial charge in [-0.1, -0.05) is 0 Å². The van der Waals surface area contributed by atoms with Gasteiger partial charge in [-0.25, -0.2) is 0 Å². The van der Waals surface area contributed by atoms with Crippen molar-refractivity contribution in [3.05, 3.63) is 24.0 Å². The minimum absolute atomic E-state index is 0.0746. The first-order chi connectivity index (χ1) is 7.84. The molecule has 2 heterocycles. The topological polar surface area (TPSA) is 46.1 Å². The molecule has 86 valence electrons. The summed E-state index contributed by atoms with van der Waals surface area (Å²) in [7, 11) is 0. The van der Waals surface area contributed by atoms with Gasteiger partial charge in [-0.3, -0.25) is 4.79 Å². The van der Waals surface area contributed by atoms with Gasteiger partial charge in [0.1, 0.15) is 5.69 Å². The molecule has 1 aromatic heterocycles. The summed E-state index contributed by atoms with van der Waals surface area (Å²) in [6.07, 6.45) is 5.47. The molecule has 1 amide bonds. The molecular formula is C12H17N3O. The minimum Gasteiger partial charge on any atom is -0.347 e. The molecule has 0 unspecified atom stereocenters. The summed E-state index contributed by atoms with van der Waals surface area (Å²) in [5, 5.41) is 6.33. The van der Waals surface area contributed by atoms with Crippen molar-refractivity contribution in [2.45, 2.75) is 31.3 Å². The molecule has 1 atom stereocenters. The van der Waals surface area contributed by atoms with Crippen LogP contribution in [0.1, 0.15) is 35.8 Å². The lowest BCUT2D eigenvalue weighted by Gasteiger charge is -2.13. The van der Waals surface area contributed by atoms with Crippen molar-refractivity contribution in [1.29, 1.82) is 0 Å². The fourth-order valence-electron chi connectivity index (χ4n) is 2.29. The second-order valence-electron chi connectivity index (χ2n) is 4.70. The quantitative estimate of drug-likeness (QED) is 0.794. The van der Waals surface area contributed by atoms with Gasteiger partial charge in [-0.05, 0) is 37.9 Å². The predicted molar refractivity (Wildman–Crippen MR) is 61.4 cm³/mol. The number of nitrogens with one attached hydrogen (secondary N) is 2. The van der Waals surface area contributed by atoms with Crippen LogP contribution in [-0.4, -0.2) is 29.6 Å². The maximum Gasteiger partial charge on any atom is 0.268 e. The van der Waals surface area contributed by atoms with Crippen LogP contribution < -0.4 is 10.6 Å². The lowest BCUT2D eigenvalue weighted by Crippen LogP contribution is -2.37. The number of carbonyl (C=O) groups excluding carboxylic acids is 1. The normalized spacial score (nSPS) is 24.6. The van der Waals surface area contributed by atoms with Crippen molar-refractivity contribution in [3.8, 4) is 0 Å². The van der Waals surface area contributed by atoms with E-state index in [1.54, 1.807) is 0 Å². The number of hydrogen-bond acceptors (Lipinski definition) is 2. The monoisotopic (exact) mass is 219 g/mol. The van der Waals surface area contributed by atoms with E-state index in [1.807, 2.05) is 18.3 Å². The second-order valence-corrected chi connectivity index (χ2v) is 4.70. The van der Waals surface area contributed by atoms with Crippen molar-refractivity contribution in [2.75, 3.05) is 13.1 Å². The van der Waals surface area contributed by atoms with Crippen LogP contribution in [0, 0.1) is 0 Å². The van der Waals surface area contributed by atoms with Gasteiger partial charge in [0.15, 0.2) is 0 Å². The highest BCUT2D eigenvalue weighted by Crippen LogP contribution is 2.35. The molecule has 1 aromatic rings. The van der Waals surface area contributed by atoms with E-state index in [0.29, 0.717) is 12.1 Å². The Hall–Kier alpha value is -1.29. The lowest BCUT2D eigenvalue weighted by molar-refractivity contribution is 0.0930. The first-order valence-electron chi connectivity index (χ1n) is 6.03. The summed E-state index contributed by atoms with van der Waals surface area (Å²) in [6.45, 7) is 1.91. The molecular weight excluding hydrogens is 202 g/mol. The summed E-state index contributed by atoms with van der Waals surface area (Å²) in [4.78, 5) is 12.1. The Morgan fingerprint density at radius 2 is 2.31 bits per heavy atom. The van der Waals surface area contributed by atoms with Gasteiger partial charge in [0.25, 0.3) is 5.91 Å². The van der Waals surface area contributed by atoms with Gasteiger partial charge >= 0.3 is 0 Å². The lowest BCUT2D eigenvalue weighted by atomic mass is 10.2. The largest absolute Gasteiger partial charge is 0.347 e. The van der Waals surface area contributed by atoms with E-state index < -0.39 is 0 Å². The van der Waals surface area contributed by atoms with Crippen LogP contribution in [0.5, 0.6) is 0 Å². The Kier molecular flexibility index (Phi) is 2.44. The van der Waals surface area contributed by atoms with Crippen LogP contribution in [0.4, 0.5) is 0 Å². The molecule has 4 heteroatoms. The zero-order valence-electron chi connectivity index (χ0n) is 9.28. The summed E-state index contributed by atoms with van der Waals surface area (Å²) >= 11 is 0. The van der Waals surface area contributed by atoms with Crippen molar-refractivity contribution >= 4 is 5.91 Å². The fraction of sp³-hybridized carbons (Fsp3) is 0.583. The first-order valence-corrected chi connectivity index (χ1v) is 6.03. The smallest absolute Gasteiger partial charge is 0.268 e. The average Bonchev–Trinajstić information content (AvgIpc) is 2.82. The van der Waals surface area contributed by atoms with Crippen LogP contribution in [0.15, 0.2) is 18.3 Å². The molecule has 3 rings (SSSR count). The third-order valence-corrected chi connectivity index (χ3v) is 3.35. The molecule has 0 spiro atoms. The maximum atomic E-state index is 12.1. The number of rotatable bonds is 3. The Morgan fingerprint density at radius 1 is 1.44 bits per heavy atom. The molecule has 1 saturated carbocycles. The van der Waals surface area contributed by atoms with Gasteiger partial charge in [-0.2, -0.15) is 0 Å². The van der Waals surface area contributed by atoms with E-state index in [4.69, 9.17) is 0 Å². The minimum atomic E-state index is 0.0746. The molecule has 2 N–H and O–H groups in total. The highest BCUT2D eigenvalue weighted by molar-refractivity contribution is 5.93. The Morgan fingerprint density at radius 3 is 3.00 bits per heavy atom. The van der Waals surface area contributed by atoms with Gasteiger partial charge in [0.05, 0.1) is 0 Å². The van der Waals surface area contributed by atoms with E-state index >= 15 is 0 Å². The molecule has 0 bridgehead atoms. The average molecular weight is 219 g/mol. The SMILES string of the molecule is O=C(N[C@H]1CCNC1)c1cccn1C1CC1. The predicted octanol–water partition coefficient (Wildman–Crippen LogP) is 0.915. The molecule has 2 aliphatic rings. The fourth-order valence-corrected chi connectivity index (χ4v) is 2.29. The van der Waals surface area contributed by atoms with Crippen LogP contribution in [-0.2, 0) is 0 Å². The summed E-state index contributed by atoms with van der Waals surface area (Å²) in [5.41, 5.74) is 0.814. The molecule has 2 fully saturated rings. The molecule has 4 nitrogen and oxygen atoms in total. The second kappa shape index (κ2) is 3.94. The third-order valence-electron chi connectivity index (χ3n) is 3.35. The number of aromatic nitrogens is 1. The summed E-state index contributed by atoms with van der Waals surface area (Å²) in [5.74, 6) is 0.0746. The highest BCUT2D eigenvalue weighted by Gasteiger charge is 2.27. The van der Waals surface area contributed by atoms with E-state index in [2.05, 4.69) is 15.2 Å². The van der Waals surface area contributed by atoms with E-state index in [0.717, 1.165) is 25.2 Å². The highest BCUT2D eigenvalue weighted by atomic mass is 16.2. The molecule has 1 aliphatic carbocycles. The van der Waals surface area contributed by atoms with Crippen molar-refractivity contribution in [3.63, 3.8) is 0 Å². The Labute approximate surface area is 95.0 Å². The van der Waals surface area contributed by atoms with Crippen LogP contribution in [0.25, 0.3) is 0 Å². The standard InChI is InChI=1S/C12H17N3O/c16-12(14-9-5-6-13-8-9)11-2-1-7-15(11)10-3-4-10/h1-2,7,9-10,13H,3-6,8H2,(H,14,16)/t9-/m0/s1. The zero-order valence-corrected chi connectivity index (χ0v) is 9.28. The summed E-state index contributed by atoms with van der Waals surface area (Å²) in [6, 6.07) is 4.74. The van der Waals surface area contributed by atoms with Crippen molar-refractivity contribution in [1.82, 2.24) is 15.2 Å². The number of carbonyl (C=O) groups is 1. The Bertz CT molecular complexity index is 389. The molecule has 0 aromatic carbocycles. The number of amides is 1. The van der Waals surface area contributed by atoms with Crippen LogP contribution >= 0.6 is 0 Å². The van der Waals surface area contributed by atoms with Gasteiger partial charge in [-0.15, -0.1) is 0 Å². The van der Waals surface area contributed by atoms with E-state index in [9.17, 15) is 4.79 Å². The molecule has 1 saturated heterocycles. The van der Waals surface area contributed by atoms with E-state index in [-0.39, 0.29) is 5.91 Å². The molecule has 1 aliphatic heterocycles. The van der Waals surface area contributed by atoms with E-state index in [1.165, 1.54) is 12.8 Å². The van der Waals surface area contributed by atoms with Crippen molar-refractivity contribution < 1.29 is 4.79 Å². The maximum absolute atomic E-state index is 12.1. The first kappa shape index (κ1) is 9.90. The van der Waals surface area contributed by atoms with Gasteiger partial charge < -0.3 is 15.2 Å². The van der Waals surface area contributed by atoms with Crippen LogP contribution in [0.3, 0.4) is 0 Å². The van der Waals surface area contributed by atoms with Crippen molar-refractivity contribution in [2.24, 2.45) is 0 Å². The Balaban J connectivity index is 1.70. The third kappa shape index (κ3) is 1.85. The number of hydrogen-bond donors (Lipinski definition) is 2. The number of nitrogens with zero attached hydrogens (tertiary/aromatic N) is 1.